The summed E-state index contributed by atoms with van der Waals surface area (Å²) in [6.45, 7) is 13.7. The van der Waals surface area contributed by atoms with E-state index in [1.807, 2.05) is 35.7 Å². The molecule has 0 aliphatic carbocycles. The van der Waals surface area contributed by atoms with Crippen LogP contribution in [0.1, 0.15) is 110 Å². The Morgan fingerprint density at radius 2 is 1.40 bits per heavy atom. The van der Waals surface area contributed by atoms with E-state index in [1.54, 1.807) is 40.0 Å². The molecule has 0 aromatic carbocycles. The second-order valence-corrected chi connectivity index (χ2v) is 20.7. The number of carbonyl (C=O) groups is 2. The highest BCUT2D eigenvalue weighted by atomic mass is 32.1. The van der Waals surface area contributed by atoms with Gasteiger partial charge >= 0.3 is 0 Å². The number of imide groups is 1. The SMILES string of the molecule is CCCCC(CC)C[Si]1(CC(CC)CCCC)c2cc(C)sc2-c2sc(-c3sc(C)c4c3C(=O)N(c3ccccn3)C4=O)cc21. The van der Waals surface area contributed by atoms with Gasteiger partial charge in [-0.05, 0) is 72.4 Å². The van der Waals surface area contributed by atoms with Crippen molar-refractivity contribution in [1.29, 1.82) is 0 Å². The number of unbranched alkanes of at least 4 members (excludes halogenated alkanes) is 2. The summed E-state index contributed by atoms with van der Waals surface area (Å²) < 4.78 is 0. The van der Waals surface area contributed by atoms with E-state index in [4.69, 9.17) is 0 Å². The third-order valence-electron chi connectivity index (χ3n) is 10.2. The second kappa shape index (κ2) is 13.4. The van der Waals surface area contributed by atoms with Gasteiger partial charge in [-0.15, -0.1) is 34.0 Å². The maximum Gasteiger partial charge on any atom is 0.268 e. The van der Waals surface area contributed by atoms with Crippen LogP contribution in [0.25, 0.3) is 19.5 Å². The summed E-state index contributed by atoms with van der Waals surface area (Å²) in [4.78, 5) is 40.7. The molecule has 2 unspecified atom stereocenters. The van der Waals surface area contributed by atoms with E-state index >= 15 is 0 Å². The Kier molecular flexibility index (Phi) is 9.68. The second-order valence-electron chi connectivity index (χ2n) is 13.1. The first-order chi connectivity index (χ1) is 21.8. The summed E-state index contributed by atoms with van der Waals surface area (Å²) >= 11 is 5.47. The van der Waals surface area contributed by atoms with Crippen LogP contribution in [0.2, 0.25) is 12.1 Å². The number of hydrogen-bond acceptors (Lipinski definition) is 6. The number of nitrogens with zero attached hydrogens (tertiary/aromatic N) is 2. The Balaban J connectivity index is 1.49. The average molecular weight is 675 g/mol. The first kappa shape index (κ1) is 32.5. The number of anilines is 1. The molecule has 0 spiro atoms. The molecule has 2 amide bonds. The van der Waals surface area contributed by atoms with Crippen LogP contribution in [-0.2, 0) is 0 Å². The average Bonchev–Trinajstić information content (AvgIpc) is 3.82. The van der Waals surface area contributed by atoms with E-state index in [0.29, 0.717) is 16.9 Å². The quantitative estimate of drug-likeness (QED) is 0.0988. The minimum atomic E-state index is -2.10. The van der Waals surface area contributed by atoms with Gasteiger partial charge in [-0.1, -0.05) is 85.1 Å². The number of aryl methyl sites for hydroxylation is 2. The monoisotopic (exact) mass is 674 g/mol. The molecule has 6 rings (SSSR count). The standard InChI is InChI=1S/C37H46N2O2S3Si/c1-7-11-15-25(9-3)21-45(22-26(10-4)16-12-8-2)28-19-23(5)42-34(28)35-29(45)20-27(44-35)33-32-31(24(6)43-33)36(40)39(37(32)41)30-17-13-14-18-38-30/h13-14,17-20,25-26H,7-12,15-16,21-22H2,1-6H3. The van der Waals surface area contributed by atoms with Gasteiger partial charge < -0.3 is 0 Å². The number of thiophene rings is 3. The van der Waals surface area contributed by atoms with E-state index in [2.05, 4.69) is 51.7 Å². The normalized spacial score (nSPS) is 18.4. The highest BCUT2D eigenvalue weighted by molar-refractivity contribution is 7.32. The van der Waals surface area contributed by atoms with Gasteiger partial charge in [0.25, 0.3) is 11.8 Å². The number of amides is 2. The number of hydrogen-bond donors (Lipinski definition) is 0. The number of carbonyl (C=O) groups excluding carboxylic acids is 2. The molecular weight excluding hydrogens is 629 g/mol. The van der Waals surface area contributed by atoms with Gasteiger partial charge in [0.15, 0.2) is 0 Å². The number of rotatable bonds is 14. The summed E-state index contributed by atoms with van der Waals surface area (Å²) in [5.74, 6) is 1.38. The largest absolute Gasteiger partial charge is 0.268 e. The van der Waals surface area contributed by atoms with Gasteiger partial charge in [0.05, 0.1) is 16.0 Å². The minimum absolute atomic E-state index is 0.242. The van der Waals surface area contributed by atoms with Gasteiger partial charge in [0.2, 0.25) is 0 Å². The van der Waals surface area contributed by atoms with E-state index < -0.39 is 8.07 Å². The predicted molar refractivity (Wildman–Crippen MR) is 197 cm³/mol. The molecule has 0 saturated carbocycles. The topological polar surface area (TPSA) is 50.3 Å². The van der Waals surface area contributed by atoms with E-state index in [9.17, 15) is 9.59 Å². The first-order valence-electron chi connectivity index (χ1n) is 17.0. The minimum Gasteiger partial charge on any atom is -0.268 e. The molecular formula is C37H46N2O2S3Si. The van der Waals surface area contributed by atoms with Crippen LogP contribution in [0.15, 0.2) is 36.5 Å². The van der Waals surface area contributed by atoms with Crippen LogP contribution in [-0.4, -0.2) is 24.9 Å². The summed E-state index contributed by atoms with van der Waals surface area (Å²) in [7, 11) is -2.10. The molecule has 0 fully saturated rings. The lowest BCUT2D eigenvalue weighted by Crippen LogP contribution is -2.56. The lowest BCUT2D eigenvalue weighted by molar-refractivity contribution is 0.0925. The van der Waals surface area contributed by atoms with Crippen molar-refractivity contribution < 1.29 is 9.59 Å². The zero-order chi connectivity index (χ0) is 31.9. The van der Waals surface area contributed by atoms with Crippen molar-refractivity contribution >= 4 is 70.1 Å². The van der Waals surface area contributed by atoms with E-state index in [-0.39, 0.29) is 11.8 Å². The summed E-state index contributed by atoms with van der Waals surface area (Å²) in [6.07, 6.45) is 11.9. The van der Waals surface area contributed by atoms with Crippen molar-refractivity contribution in [3.05, 3.63) is 57.4 Å². The maximum atomic E-state index is 14.0. The Bertz CT molecular complexity index is 1680. The molecule has 6 heterocycles. The smallest absolute Gasteiger partial charge is 0.268 e. The Labute approximate surface area is 281 Å². The van der Waals surface area contributed by atoms with Crippen LogP contribution >= 0.6 is 34.0 Å². The molecule has 2 aliphatic heterocycles. The van der Waals surface area contributed by atoms with Crippen LogP contribution in [0, 0.1) is 25.7 Å². The lowest BCUT2D eigenvalue weighted by atomic mass is 10.0. The summed E-state index contributed by atoms with van der Waals surface area (Å²) in [5.41, 5.74) is 1.14. The Hall–Kier alpha value is -2.39. The van der Waals surface area contributed by atoms with E-state index in [1.165, 1.54) is 83.0 Å². The molecule has 4 aromatic heterocycles. The van der Waals surface area contributed by atoms with Gasteiger partial charge in [-0.3, -0.25) is 9.59 Å². The molecule has 45 heavy (non-hydrogen) atoms. The number of pyridine rings is 1. The van der Waals surface area contributed by atoms with Gasteiger partial charge in [-0.2, -0.15) is 0 Å². The Morgan fingerprint density at radius 3 is 2.00 bits per heavy atom. The number of aromatic nitrogens is 1. The van der Waals surface area contributed by atoms with Gasteiger partial charge in [-0.25, -0.2) is 9.88 Å². The van der Waals surface area contributed by atoms with Crippen molar-refractivity contribution in [3.8, 4) is 19.5 Å². The van der Waals surface area contributed by atoms with Crippen LogP contribution < -0.4 is 15.3 Å². The lowest BCUT2D eigenvalue weighted by Gasteiger charge is -2.35. The molecule has 0 N–H and O–H groups in total. The van der Waals surface area contributed by atoms with Crippen molar-refractivity contribution in [2.24, 2.45) is 11.8 Å². The van der Waals surface area contributed by atoms with Crippen LogP contribution in [0.3, 0.4) is 0 Å². The van der Waals surface area contributed by atoms with Crippen molar-refractivity contribution in [2.75, 3.05) is 4.90 Å². The molecule has 0 saturated heterocycles. The molecule has 4 nitrogen and oxygen atoms in total. The highest BCUT2D eigenvalue weighted by Crippen LogP contribution is 2.50. The fraction of sp³-hybridized carbons (Fsp3) is 0.486. The molecule has 2 atom stereocenters. The zero-order valence-corrected chi connectivity index (χ0v) is 31.1. The summed E-state index contributed by atoms with van der Waals surface area (Å²) in [5, 5.41) is 3.31. The third kappa shape index (κ3) is 5.64. The molecule has 238 valence electrons. The molecule has 4 aromatic rings. The van der Waals surface area contributed by atoms with Crippen LogP contribution in [0.4, 0.5) is 5.82 Å². The molecule has 0 radical (unpaired) electrons. The molecule has 0 bridgehead atoms. The third-order valence-corrected chi connectivity index (χ3v) is 19.6. The molecule has 2 aliphatic rings. The maximum absolute atomic E-state index is 14.0. The van der Waals surface area contributed by atoms with Crippen molar-refractivity contribution in [3.63, 3.8) is 0 Å². The zero-order valence-electron chi connectivity index (χ0n) is 27.6. The summed E-state index contributed by atoms with van der Waals surface area (Å²) in [6, 6.07) is 13.1. The first-order valence-corrected chi connectivity index (χ1v) is 21.8. The molecule has 8 heteroatoms. The van der Waals surface area contributed by atoms with E-state index in [0.717, 1.165) is 26.5 Å². The van der Waals surface area contributed by atoms with Gasteiger partial charge in [0.1, 0.15) is 13.9 Å². The Morgan fingerprint density at radius 1 is 0.778 bits per heavy atom. The fourth-order valence-corrected chi connectivity index (χ4v) is 19.4. The number of fused-ring (bicyclic) bond motifs is 4. The highest BCUT2D eigenvalue weighted by Gasteiger charge is 2.50. The van der Waals surface area contributed by atoms with Crippen molar-refractivity contribution in [2.45, 2.75) is 105 Å². The fourth-order valence-electron chi connectivity index (χ4n) is 7.80. The van der Waals surface area contributed by atoms with Gasteiger partial charge in [0, 0.05) is 30.6 Å². The van der Waals surface area contributed by atoms with Crippen molar-refractivity contribution in [1.82, 2.24) is 4.98 Å². The predicted octanol–water partition coefficient (Wildman–Crippen LogP) is 10.3. The van der Waals surface area contributed by atoms with Crippen LogP contribution in [0.5, 0.6) is 0 Å².